The van der Waals surface area contributed by atoms with Gasteiger partial charge in [0.05, 0.1) is 0 Å². The summed E-state index contributed by atoms with van der Waals surface area (Å²) in [5.74, 6) is 0.484. The van der Waals surface area contributed by atoms with E-state index in [1.165, 1.54) is 0 Å². The third-order valence-corrected chi connectivity index (χ3v) is 5.49. The number of nitrogens with one attached hydrogen (secondary N) is 1. The van der Waals surface area contributed by atoms with Crippen molar-refractivity contribution in [2.24, 2.45) is 5.92 Å². The molecule has 1 aliphatic rings. The molecule has 1 unspecified atom stereocenters. The average Bonchev–Trinajstić information content (AvgIpc) is 2.79. The van der Waals surface area contributed by atoms with Gasteiger partial charge in [0.15, 0.2) is 5.78 Å². The lowest BCUT2D eigenvalue weighted by molar-refractivity contribution is -0.122. The number of ketones is 1. The van der Waals surface area contributed by atoms with Crippen LogP contribution in [-0.4, -0.2) is 11.7 Å². The Bertz CT molecular complexity index is 1010. The first-order chi connectivity index (χ1) is 14.7. The van der Waals surface area contributed by atoms with Crippen LogP contribution in [0.25, 0.3) is 0 Å². The van der Waals surface area contributed by atoms with Gasteiger partial charge in [-0.15, -0.1) is 0 Å². The van der Waals surface area contributed by atoms with Gasteiger partial charge in [-0.3, -0.25) is 9.59 Å². The van der Waals surface area contributed by atoms with E-state index in [9.17, 15) is 9.59 Å². The summed E-state index contributed by atoms with van der Waals surface area (Å²) in [6.07, 6.45) is 1.70. The van der Waals surface area contributed by atoms with Crippen LogP contribution in [0.4, 0.5) is 0 Å². The van der Waals surface area contributed by atoms with E-state index in [0.717, 1.165) is 28.9 Å². The van der Waals surface area contributed by atoms with E-state index in [-0.39, 0.29) is 24.0 Å². The van der Waals surface area contributed by atoms with Gasteiger partial charge in [0, 0.05) is 24.4 Å². The van der Waals surface area contributed by atoms with Crippen molar-refractivity contribution < 1.29 is 14.3 Å². The molecule has 1 N–H and O–H groups in total. The summed E-state index contributed by atoms with van der Waals surface area (Å²) in [5.41, 5.74) is 3.88. The lowest BCUT2D eigenvalue weighted by Crippen LogP contribution is -2.30. The van der Waals surface area contributed by atoms with Crippen molar-refractivity contribution in [1.29, 1.82) is 0 Å². The van der Waals surface area contributed by atoms with Crippen molar-refractivity contribution in [3.05, 3.63) is 101 Å². The average molecular weight is 399 g/mol. The molecule has 152 valence electrons. The standard InChI is InChI=1S/C26H25NO3/c28-25(27-17-19-7-3-1-4-8-19)16-22-12-11-21-15-23(13-14-24(21)26(22)29)30-18-20-9-5-2-6-10-20/h1-10,13-15,22H,11-12,16-18H2,(H,27,28). The second kappa shape index (κ2) is 9.40. The van der Waals surface area contributed by atoms with Crippen LogP contribution in [0.3, 0.4) is 0 Å². The van der Waals surface area contributed by atoms with Crippen molar-refractivity contribution in [2.75, 3.05) is 0 Å². The van der Waals surface area contributed by atoms with Gasteiger partial charge >= 0.3 is 0 Å². The minimum Gasteiger partial charge on any atom is -0.489 e. The highest BCUT2D eigenvalue weighted by Crippen LogP contribution is 2.30. The van der Waals surface area contributed by atoms with E-state index in [2.05, 4.69) is 5.32 Å². The molecule has 0 saturated carbocycles. The monoisotopic (exact) mass is 399 g/mol. The molecule has 4 rings (SSSR count). The predicted molar refractivity (Wildman–Crippen MR) is 116 cm³/mol. The molecule has 0 heterocycles. The van der Waals surface area contributed by atoms with Crippen molar-refractivity contribution in [3.63, 3.8) is 0 Å². The highest BCUT2D eigenvalue weighted by Gasteiger charge is 2.29. The van der Waals surface area contributed by atoms with Gasteiger partial charge in [-0.25, -0.2) is 0 Å². The maximum atomic E-state index is 12.9. The molecular weight excluding hydrogens is 374 g/mol. The van der Waals surface area contributed by atoms with E-state index >= 15 is 0 Å². The predicted octanol–water partition coefficient (Wildman–Crippen LogP) is 4.72. The number of hydrogen-bond donors (Lipinski definition) is 1. The normalized spacial score (nSPS) is 15.3. The van der Waals surface area contributed by atoms with E-state index in [1.54, 1.807) is 0 Å². The van der Waals surface area contributed by atoms with E-state index in [0.29, 0.717) is 25.1 Å². The molecule has 1 amide bonds. The first-order valence-corrected chi connectivity index (χ1v) is 10.3. The highest BCUT2D eigenvalue weighted by atomic mass is 16.5. The Balaban J connectivity index is 1.33. The number of rotatable bonds is 7. The Labute approximate surface area is 176 Å². The number of aryl methyl sites for hydroxylation is 1. The van der Waals surface area contributed by atoms with Gasteiger partial charge in [-0.1, -0.05) is 60.7 Å². The number of Topliss-reactive ketones (excluding diaryl/α,β-unsaturated/α-hetero) is 1. The number of carbonyl (C=O) groups is 2. The van der Waals surface area contributed by atoms with Crippen molar-refractivity contribution in [3.8, 4) is 5.75 Å². The summed E-state index contributed by atoms with van der Waals surface area (Å²) < 4.78 is 5.88. The number of hydrogen-bond acceptors (Lipinski definition) is 3. The zero-order valence-corrected chi connectivity index (χ0v) is 16.8. The molecule has 0 aromatic heterocycles. The number of ether oxygens (including phenoxy) is 1. The Morgan fingerprint density at radius 1 is 0.933 bits per heavy atom. The SMILES string of the molecule is O=C(CC1CCc2cc(OCc3ccccc3)ccc2C1=O)NCc1ccccc1. The molecule has 4 nitrogen and oxygen atoms in total. The maximum absolute atomic E-state index is 12.9. The Hall–Kier alpha value is -3.40. The zero-order chi connectivity index (χ0) is 20.8. The first kappa shape index (κ1) is 19.9. The molecule has 3 aromatic carbocycles. The second-order valence-electron chi connectivity index (χ2n) is 7.66. The topological polar surface area (TPSA) is 55.4 Å². The summed E-state index contributed by atoms with van der Waals surface area (Å²) in [6.45, 7) is 0.983. The summed E-state index contributed by atoms with van der Waals surface area (Å²) in [5, 5.41) is 2.92. The third-order valence-electron chi connectivity index (χ3n) is 5.49. The molecule has 30 heavy (non-hydrogen) atoms. The summed E-state index contributed by atoms with van der Waals surface area (Å²) >= 11 is 0. The third kappa shape index (κ3) is 4.95. The molecule has 0 spiro atoms. The van der Waals surface area contributed by atoms with Crippen LogP contribution in [0.1, 0.15) is 39.9 Å². The fourth-order valence-corrected chi connectivity index (χ4v) is 3.82. The molecule has 0 bridgehead atoms. The molecule has 0 aliphatic heterocycles. The highest BCUT2D eigenvalue weighted by molar-refractivity contribution is 6.02. The van der Waals surface area contributed by atoms with Gasteiger partial charge in [0.25, 0.3) is 0 Å². The molecule has 4 heteroatoms. The number of carbonyl (C=O) groups excluding carboxylic acids is 2. The quantitative estimate of drug-likeness (QED) is 0.626. The van der Waals surface area contributed by atoms with Crippen LogP contribution in [-0.2, 0) is 24.4 Å². The van der Waals surface area contributed by atoms with Crippen LogP contribution in [0.15, 0.2) is 78.9 Å². The minimum absolute atomic E-state index is 0.0562. The van der Waals surface area contributed by atoms with Crippen LogP contribution < -0.4 is 10.1 Å². The zero-order valence-electron chi connectivity index (χ0n) is 16.8. The van der Waals surface area contributed by atoms with Gasteiger partial charge in [-0.05, 0) is 47.7 Å². The second-order valence-corrected chi connectivity index (χ2v) is 7.66. The largest absolute Gasteiger partial charge is 0.489 e. The van der Waals surface area contributed by atoms with Crippen molar-refractivity contribution >= 4 is 11.7 Å². The lowest BCUT2D eigenvalue weighted by Gasteiger charge is -2.23. The fraction of sp³-hybridized carbons (Fsp3) is 0.231. The Morgan fingerprint density at radius 2 is 1.63 bits per heavy atom. The maximum Gasteiger partial charge on any atom is 0.221 e. The van der Waals surface area contributed by atoms with Crippen LogP contribution >= 0.6 is 0 Å². The van der Waals surface area contributed by atoms with Gasteiger partial charge in [0.1, 0.15) is 12.4 Å². The van der Waals surface area contributed by atoms with Crippen LogP contribution in [0.2, 0.25) is 0 Å². The summed E-state index contributed by atoms with van der Waals surface area (Å²) in [6, 6.07) is 25.4. The lowest BCUT2D eigenvalue weighted by atomic mass is 9.81. The Morgan fingerprint density at radius 3 is 2.37 bits per heavy atom. The summed E-state index contributed by atoms with van der Waals surface area (Å²) in [7, 11) is 0. The molecular formula is C26H25NO3. The van der Waals surface area contributed by atoms with Crippen LogP contribution in [0, 0.1) is 5.92 Å². The number of fused-ring (bicyclic) bond motifs is 1. The van der Waals surface area contributed by atoms with Crippen LogP contribution in [0.5, 0.6) is 5.75 Å². The molecule has 0 fully saturated rings. The molecule has 0 radical (unpaired) electrons. The smallest absolute Gasteiger partial charge is 0.221 e. The van der Waals surface area contributed by atoms with E-state index in [4.69, 9.17) is 4.74 Å². The van der Waals surface area contributed by atoms with E-state index < -0.39 is 0 Å². The summed E-state index contributed by atoms with van der Waals surface area (Å²) in [4.78, 5) is 25.2. The molecule has 1 aliphatic carbocycles. The molecule has 3 aromatic rings. The van der Waals surface area contributed by atoms with Crippen molar-refractivity contribution in [2.45, 2.75) is 32.4 Å². The van der Waals surface area contributed by atoms with Gasteiger partial charge < -0.3 is 10.1 Å². The fourth-order valence-electron chi connectivity index (χ4n) is 3.82. The number of amides is 1. The molecule has 1 atom stereocenters. The number of benzene rings is 3. The minimum atomic E-state index is -0.260. The van der Waals surface area contributed by atoms with E-state index in [1.807, 2.05) is 78.9 Å². The first-order valence-electron chi connectivity index (χ1n) is 10.3. The van der Waals surface area contributed by atoms with Crippen molar-refractivity contribution in [1.82, 2.24) is 5.32 Å². The van der Waals surface area contributed by atoms with Gasteiger partial charge in [0.2, 0.25) is 5.91 Å². The Kier molecular flexibility index (Phi) is 6.23. The molecule has 0 saturated heterocycles. The van der Waals surface area contributed by atoms with Gasteiger partial charge in [-0.2, -0.15) is 0 Å².